The molecule has 1 aliphatic rings. The van der Waals surface area contributed by atoms with E-state index in [1.54, 1.807) is 0 Å². The van der Waals surface area contributed by atoms with E-state index in [4.69, 9.17) is 9.84 Å². The SMILES string of the molecule is O=C(O)C1(NCCOCc2ccccc2)CC1. The molecular weight excluding hydrogens is 218 g/mol. The van der Waals surface area contributed by atoms with Crippen LogP contribution in [0.4, 0.5) is 0 Å². The van der Waals surface area contributed by atoms with Gasteiger partial charge in [-0.2, -0.15) is 0 Å². The summed E-state index contributed by atoms with van der Waals surface area (Å²) in [5.41, 5.74) is 0.475. The first-order chi connectivity index (χ1) is 8.23. The molecule has 4 heteroatoms. The van der Waals surface area contributed by atoms with Crippen LogP contribution in [0.5, 0.6) is 0 Å². The van der Waals surface area contributed by atoms with Gasteiger partial charge in [0.15, 0.2) is 0 Å². The fourth-order valence-corrected chi connectivity index (χ4v) is 1.72. The van der Waals surface area contributed by atoms with Crippen molar-refractivity contribution < 1.29 is 14.6 Å². The molecule has 0 radical (unpaired) electrons. The molecule has 0 aliphatic heterocycles. The predicted octanol–water partition coefficient (Wildman–Crippen LogP) is 1.41. The van der Waals surface area contributed by atoms with Gasteiger partial charge in [0, 0.05) is 6.54 Å². The maximum Gasteiger partial charge on any atom is 0.323 e. The van der Waals surface area contributed by atoms with Crippen LogP contribution < -0.4 is 5.32 Å². The fraction of sp³-hybridized carbons (Fsp3) is 0.462. The van der Waals surface area contributed by atoms with Gasteiger partial charge >= 0.3 is 5.97 Å². The first kappa shape index (κ1) is 12.1. The average Bonchev–Trinajstić information content (AvgIpc) is 3.11. The zero-order valence-electron chi connectivity index (χ0n) is 9.69. The van der Waals surface area contributed by atoms with E-state index in [1.807, 2.05) is 30.3 Å². The molecule has 0 saturated heterocycles. The van der Waals surface area contributed by atoms with Crippen LogP contribution in [0, 0.1) is 0 Å². The summed E-state index contributed by atoms with van der Waals surface area (Å²) in [7, 11) is 0. The van der Waals surface area contributed by atoms with Gasteiger partial charge in [-0.3, -0.25) is 10.1 Å². The summed E-state index contributed by atoms with van der Waals surface area (Å²) < 4.78 is 5.47. The molecule has 0 amide bonds. The molecule has 17 heavy (non-hydrogen) atoms. The molecule has 0 aromatic heterocycles. The first-order valence-electron chi connectivity index (χ1n) is 5.83. The molecule has 1 aromatic carbocycles. The first-order valence-corrected chi connectivity index (χ1v) is 5.83. The van der Waals surface area contributed by atoms with Gasteiger partial charge in [0.25, 0.3) is 0 Å². The van der Waals surface area contributed by atoms with Crippen LogP contribution in [0.2, 0.25) is 0 Å². The Balaban J connectivity index is 1.60. The number of carboxylic acid groups (broad SMARTS) is 1. The molecule has 0 atom stereocenters. The highest BCUT2D eigenvalue weighted by Gasteiger charge is 2.49. The van der Waals surface area contributed by atoms with Crippen LogP contribution in [-0.2, 0) is 16.1 Å². The van der Waals surface area contributed by atoms with E-state index >= 15 is 0 Å². The van der Waals surface area contributed by atoms with Crippen molar-refractivity contribution in [1.82, 2.24) is 5.32 Å². The molecule has 0 heterocycles. The second kappa shape index (κ2) is 5.29. The second-order valence-electron chi connectivity index (χ2n) is 4.35. The number of carbonyl (C=O) groups is 1. The zero-order chi connectivity index (χ0) is 12.1. The largest absolute Gasteiger partial charge is 0.480 e. The van der Waals surface area contributed by atoms with Crippen molar-refractivity contribution in [1.29, 1.82) is 0 Å². The van der Waals surface area contributed by atoms with E-state index in [1.165, 1.54) is 0 Å². The van der Waals surface area contributed by atoms with Crippen molar-refractivity contribution in [2.75, 3.05) is 13.2 Å². The maximum atomic E-state index is 10.9. The van der Waals surface area contributed by atoms with Crippen LogP contribution in [0.1, 0.15) is 18.4 Å². The predicted molar refractivity (Wildman–Crippen MR) is 63.7 cm³/mol. The normalized spacial score (nSPS) is 16.7. The lowest BCUT2D eigenvalue weighted by molar-refractivity contribution is -0.140. The number of ether oxygens (including phenoxy) is 1. The number of hydrogen-bond acceptors (Lipinski definition) is 3. The molecule has 0 unspecified atom stereocenters. The van der Waals surface area contributed by atoms with Crippen LogP contribution in [0.3, 0.4) is 0 Å². The van der Waals surface area contributed by atoms with Gasteiger partial charge in [0.1, 0.15) is 5.54 Å². The Kier molecular flexibility index (Phi) is 3.76. The maximum absolute atomic E-state index is 10.9. The molecule has 92 valence electrons. The minimum atomic E-state index is -0.749. The Bertz CT molecular complexity index is 374. The molecule has 1 aliphatic carbocycles. The van der Waals surface area contributed by atoms with Crippen molar-refractivity contribution in [2.45, 2.75) is 25.0 Å². The quantitative estimate of drug-likeness (QED) is 0.702. The van der Waals surface area contributed by atoms with Crippen LogP contribution in [-0.4, -0.2) is 29.8 Å². The van der Waals surface area contributed by atoms with E-state index in [9.17, 15) is 4.79 Å². The van der Waals surface area contributed by atoms with Gasteiger partial charge in [-0.05, 0) is 18.4 Å². The molecule has 1 fully saturated rings. The Labute approximate surface area is 101 Å². The van der Waals surface area contributed by atoms with E-state index < -0.39 is 11.5 Å². The van der Waals surface area contributed by atoms with Gasteiger partial charge in [-0.25, -0.2) is 0 Å². The summed E-state index contributed by atoms with van der Waals surface area (Å²) in [6.07, 6.45) is 1.45. The van der Waals surface area contributed by atoms with Crippen molar-refractivity contribution in [2.24, 2.45) is 0 Å². The lowest BCUT2D eigenvalue weighted by Gasteiger charge is -2.12. The molecule has 4 nitrogen and oxygen atoms in total. The van der Waals surface area contributed by atoms with Crippen LogP contribution in [0.15, 0.2) is 30.3 Å². The smallest absolute Gasteiger partial charge is 0.323 e. The zero-order valence-corrected chi connectivity index (χ0v) is 9.69. The Hall–Kier alpha value is -1.39. The molecular formula is C13H17NO3. The van der Waals surface area contributed by atoms with Crippen molar-refractivity contribution in [3.05, 3.63) is 35.9 Å². The van der Waals surface area contributed by atoms with E-state index in [-0.39, 0.29) is 0 Å². The van der Waals surface area contributed by atoms with Gasteiger partial charge in [0.05, 0.1) is 13.2 Å². The standard InChI is InChI=1S/C13H17NO3/c15-12(16)13(6-7-13)14-8-9-17-10-11-4-2-1-3-5-11/h1-5,14H,6-10H2,(H,15,16). The summed E-state index contributed by atoms with van der Waals surface area (Å²) in [6, 6.07) is 9.93. The minimum Gasteiger partial charge on any atom is -0.480 e. The Morgan fingerprint density at radius 3 is 2.65 bits per heavy atom. The molecule has 2 N–H and O–H groups in total. The highest BCUT2D eigenvalue weighted by molar-refractivity contribution is 5.82. The molecule has 2 rings (SSSR count). The average molecular weight is 235 g/mol. The van der Waals surface area contributed by atoms with Gasteiger partial charge in [-0.1, -0.05) is 30.3 Å². The number of nitrogens with one attached hydrogen (secondary N) is 1. The fourth-order valence-electron chi connectivity index (χ4n) is 1.72. The number of benzene rings is 1. The lowest BCUT2D eigenvalue weighted by Crippen LogP contribution is -2.40. The van der Waals surface area contributed by atoms with Gasteiger partial charge < -0.3 is 9.84 Å². The highest BCUT2D eigenvalue weighted by atomic mass is 16.5. The van der Waals surface area contributed by atoms with E-state index in [0.29, 0.717) is 19.8 Å². The summed E-state index contributed by atoms with van der Waals surface area (Å²) in [4.78, 5) is 10.9. The molecule has 0 spiro atoms. The van der Waals surface area contributed by atoms with Crippen LogP contribution >= 0.6 is 0 Å². The second-order valence-corrected chi connectivity index (χ2v) is 4.35. The third-order valence-electron chi connectivity index (χ3n) is 2.98. The third kappa shape index (κ3) is 3.28. The summed E-state index contributed by atoms with van der Waals surface area (Å²) >= 11 is 0. The number of carboxylic acids is 1. The van der Waals surface area contributed by atoms with Crippen molar-refractivity contribution in [3.63, 3.8) is 0 Å². The topological polar surface area (TPSA) is 58.6 Å². The molecule has 1 saturated carbocycles. The monoisotopic (exact) mass is 235 g/mol. The van der Waals surface area contributed by atoms with Crippen molar-refractivity contribution in [3.8, 4) is 0 Å². The Morgan fingerprint density at radius 1 is 1.35 bits per heavy atom. The number of hydrogen-bond donors (Lipinski definition) is 2. The van der Waals surface area contributed by atoms with E-state index in [2.05, 4.69) is 5.32 Å². The summed E-state index contributed by atoms with van der Waals surface area (Å²) in [5, 5.41) is 12.0. The lowest BCUT2D eigenvalue weighted by atomic mass is 10.2. The van der Waals surface area contributed by atoms with Gasteiger partial charge in [0.2, 0.25) is 0 Å². The minimum absolute atomic E-state index is 0.532. The van der Waals surface area contributed by atoms with Gasteiger partial charge in [-0.15, -0.1) is 0 Å². The van der Waals surface area contributed by atoms with Crippen LogP contribution in [0.25, 0.3) is 0 Å². The highest BCUT2D eigenvalue weighted by Crippen LogP contribution is 2.35. The summed E-state index contributed by atoms with van der Waals surface area (Å²) in [6.45, 7) is 1.69. The number of rotatable bonds is 7. The number of aliphatic carboxylic acids is 1. The molecule has 1 aromatic rings. The van der Waals surface area contributed by atoms with E-state index in [0.717, 1.165) is 18.4 Å². The third-order valence-corrected chi connectivity index (χ3v) is 2.98. The van der Waals surface area contributed by atoms with Crippen molar-refractivity contribution >= 4 is 5.97 Å². The molecule has 0 bridgehead atoms. The summed E-state index contributed by atoms with van der Waals surface area (Å²) in [5.74, 6) is -0.749. The Morgan fingerprint density at radius 2 is 2.06 bits per heavy atom.